The third-order valence-corrected chi connectivity index (χ3v) is 16.1. The van der Waals surface area contributed by atoms with Crippen LogP contribution in [0.4, 0.5) is 28.4 Å². The lowest BCUT2D eigenvalue weighted by molar-refractivity contribution is 0.195. The van der Waals surface area contributed by atoms with Crippen molar-refractivity contribution in [2.45, 2.75) is 89.0 Å². The van der Waals surface area contributed by atoms with E-state index in [4.69, 9.17) is 0 Å². The zero-order valence-corrected chi connectivity index (χ0v) is 33.3. The molecule has 6 aromatic carbocycles. The maximum Gasteiger partial charge on any atom is 0.252 e. The highest BCUT2D eigenvalue weighted by Crippen LogP contribution is 2.63. The highest BCUT2D eigenvalue weighted by molar-refractivity contribution is 7.00. The topological polar surface area (TPSA) is 11.4 Å². The number of anilines is 5. The highest BCUT2D eigenvalue weighted by atomic mass is 15.3. The fourth-order valence-electron chi connectivity index (χ4n) is 13.3. The molecule has 5 heterocycles. The van der Waals surface area contributed by atoms with Crippen molar-refractivity contribution in [1.29, 1.82) is 0 Å². The quantitative estimate of drug-likeness (QED) is 0.156. The van der Waals surface area contributed by atoms with Gasteiger partial charge < -0.3 is 14.4 Å². The van der Waals surface area contributed by atoms with E-state index in [2.05, 4.69) is 177 Å². The van der Waals surface area contributed by atoms with Crippen LogP contribution in [0.25, 0.3) is 27.8 Å². The molecule has 0 bridgehead atoms. The van der Waals surface area contributed by atoms with E-state index in [9.17, 15) is 0 Å². The number of fused-ring (bicyclic) bond motifs is 14. The third kappa shape index (κ3) is 3.33. The number of aromatic nitrogens is 1. The monoisotopic (exact) mass is 723 g/mol. The Morgan fingerprint density at radius 1 is 0.554 bits per heavy atom. The molecule has 1 saturated carbocycles. The van der Waals surface area contributed by atoms with Crippen LogP contribution >= 0.6 is 0 Å². The van der Waals surface area contributed by atoms with E-state index >= 15 is 0 Å². The second-order valence-corrected chi connectivity index (χ2v) is 19.2. The van der Waals surface area contributed by atoms with E-state index in [1.54, 1.807) is 5.56 Å². The van der Waals surface area contributed by atoms with Gasteiger partial charge in [0.2, 0.25) is 0 Å². The molecule has 3 nitrogen and oxygen atoms in total. The highest BCUT2D eigenvalue weighted by Gasteiger charge is 2.61. The Labute approximate surface area is 330 Å². The molecular formula is C52H46BN3. The van der Waals surface area contributed by atoms with E-state index in [0.717, 1.165) is 0 Å². The number of hydrogen-bond acceptors (Lipinski definition) is 2. The zero-order chi connectivity index (χ0) is 37.7. The predicted molar refractivity (Wildman–Crippen MR) is 235 cm³/mol. The minimum atomic E-state index is -0.141. The maximum atomic E-state index is 2.88. The zero-order valence-electron chi connectivity index (χ0n) is 33.3. The maximum absolute atomic E-state index is 2.88. The predicted octanol–water partition coefficient (Wildman–Crippen LogP) is 10.9. The first-order chi connectivity index (χ1) is 27.1. The van der Waals surface area contributed by atoms with Crippen molar-refractivity contribution in [2.24, 2.45) is 0 Å². The summed E-state index contributed by atoms with van der Waals surface area (Å²) in [6, 6.07) is 47.3. The molecule has 2 atom stereocenters. The van der Waals surface area contributed by atoms with Crippen molar-refractivity contribution < 1.29 is 0 Å². The summed E-state index contributed by atoms with van der Waals surface area (Å²) in [4.78, 5) is 5.56. The summed E-state index contributed by atoms with van der Waals surface area (Å²) in [6.07, 6.45) is 4.96. The largest absolute Gasteiger partial charge is 0.335 e. The molecule has 2 unspecified atom stereocenters. The van der Waals surface area contributed by atoms with Gasteiger partial charge in [-0.2, -0.15) is 0 Å². The molecule has 1 fully saturated rings. The molecule has 0 N–H and O–H groups in total. The molecule has 4 heteroatoms. The Bertz CT molecular complexity index is 2950. The van der Waals surface area contributed by atoms with Crippen LogP contribution in [0.5, 0.6) is 0 Å². The molecule has 6 aliphatic rings. The van der Waals surface area contributed by atoms with Gasteiger partial charge in [-0.25, -0.2) is 0 Å². The molecule has 0 radical (unpaired) electrons. The molecule has 56 heavy (non-hydrogen) atoms. The average molecular weight is 724 g/mol. The molecule has 0 amide bonds. The van der Waals surface area contributed by atoms with Crippen LogP contribution in [0.15, 0.2) is 121 Å². The van der Waals surface area contributed by atoms with Crippen LogP contribution in [-0.2, 0) is 16.2 Å². The third-order valence-electron chi connectivity index (χ3n) is 16.1. The van der Waals surface area contributed by atoms with Crippen molar-refractivity contribution in [1.82, 2.24) is 4.57 Å². The molecular weight excluding hydrogens is 677 g/mol. The van der Waals surface area contributed by atoms with E-state index in [1.165, 1.54) is 121 Å². The fourth-order valence-corrected chi connectivity index (χ4v) is 13.3. The molecule has 272 valence electrons. The number of para-hydroxylation sites is 4. The lowest BCUT2D eigenvalue weighted by Crippen LogP contribution is -2.65. The lowest BCUT2D eigenvalue weighted by Gasteiger charge is -2.53. The molecule has 7 aromatic rings. The van der Waals surface area contributed by atoms with Crippen LogP contribution in [-0.4, -0.2) is 16.8 Å². The summed E-state index contributed by atoms with van der Waals surface area (Å²) in [5.41, 5.74) is 23.5. The summed E-state index contributed by atoms with van der Waals surface area (Å²) >= 11 is 0. The Balaban J connectivity index is 1.21. The Hall–Kier alpha value is -5.48. The summed E-state index contributed by atoms with van der Waals surface area (Å²) in [5, 5.41) is 1.35. The lowest BCUT2D eigenvalue weighted by atomic mass is 9.33. The van der Waals surface area contributed by atoms with E-state index in [0.29, 0.717) is 0 Å². The van der Waals surface area contributed by atoms with Gasteiger partial charge in [-0.3, -0.25) is 0 Å². The minimum Gasteiger partial charge on any atom is -0.335 e. The molecule has 0 saturated heterocycles. The van der Waals surface area contributed by atoms with Crippen molar-refractivity contribution in [3.05, 3.63) is 149 Å². The normalized spacial score (nSPS) is 23.2. The van der Waals surface area contributed by atoms with E-state index in [1.807, 2.05) is 0 Å². The van der Waals surface area contributed by atoms with Crippen molar-refractivity contribution >= 4 is 62.4 Å². The Morgan fingerprint density at radius 2 is 1.21 bits per heavy atom. The molecule has 13 rings (SSSR count). The molecule has 2 aliphatic carbocycles. The van der Waals surface area contributed by atoms with Crippen molar-refractivity contribution in [3.8, 4) is 16.9 Å². The molecule has 4 aliphatic heterocycles. The number of benzene rings is 6. The smallest absolute Gasteiger partial charge is 0.252 e. The van der Waals surface area contributed by atoms with Gasteiger partial charge >= 0.3 is 0 Å². The average Bonchev–Trinajstić information content (AvgIpc) is 3.76. The fraction of sp³-hybridized carbons (Fsp3) is 0.269. The first-order valence-electron chi connectivity index (χ1n) is 21.0. The number of nitrogens with zero attached hydrogens (tertiary/aromatic N) is 3. The van der Waals surface area contributed by atoms with Crippen LogP contribution < -0.4 is 26.2 Å². The standard InChI is InChI=1S/C52H46BN3/c1-49(2)35-20-10-12-26-41(35)55-42-29-31(54-40-25-11-8-18-33(40)44-46(54)32-17-7-9-19-34(32)50(44,3)4)30-43-45(42)53(38-23-15-21-36(49)47(38)55)39-24-16-22-37-48(39)56(43)52(6)28-14-13-27-51(37,52)5/h7-12,15-26,29-30H,13-14,27-28H2,1-6H3. The van der Waals surface area contributed by atoms with Crippen LogP contribution in [0.2, 0.25) is 0 Å². The number of rotatable bonds is 1. The second kappa shape index (κ2) is 9.90. The van der Waals surface area contributed by atoms with E-state index in [-0.39, 0.29) is 28.5 Å². The summed E-state index contributed by atoms with van der Waals surface area (Å²) < 4.78 is 2.64. The molecule has 0 spiro atoms. The van der Waals surface area contributed by atoms with Gasteiger partial charge in [0.1, 0.15) is 0 Å². The Kier molecular flexibility index (Phi) is 5.60. The van der Waals surface area contributed by atoms with Gasteiger partial charge in [0.05, 0.1) is 28.1 Å². The second-order valence-electron chi connectivity index (χ2n) is 19.2. The van der Waals surface area contributed by atoms with Gasteiger partial charge in [0, 0.05) is 49.9 Å². The van der Waals surface area contributed by atoms with Gasteiger partial charge in [-0.05, 0) is 88.2 Å². The van der Waals surface area contributed by atoms with E-state index < -0.39 is 0 Å². The van der Waals surface area contributed by atoms with Crippen molar-refractivity contribution in [2.75, 3.05) is 9.80 Å². The minimum absolute atomic E-state index is 0.0414. The van der Waals surface area contributed by atoms with Gasteiger partial charge in [0.25, 0.3) is 6.71 Å². The first kappa shape index (κ1) is 31.7. The van der Waals surface area contributed by atoms with Crippen LogP contribution in [0.3, 0.4) is 0 Å². The van der Waals surface area contributed by atoms with Gasteiger partial charge in [0.15, 0.2) is 0 Å². The number of hydrogen-bond donors (Lipinski definition) is 0. The first-order valence-corrected chi connectivity index (χ1v) is 21.0. The van der Waals surface area contributed by atoms with Gasteiger partial charge in [-0.15, -0.1) is 0 Å². The summed E-state index contributed by atoms with van der Waals surface area (Å²) in [6.45, 7) is 15.0. The van der Waals surface area contributed by atoms with Gasteiger partial charge in [-0.1, -0.05) is 145 Å². The summed E-state index contributed by atoms with van der Waals surface area (Å²) in [5.74, 6) is 0. The van der Waals surface area contributed by atoms with Crippen molar-refractivity contribution in [3.63, 3.8) is 0 Å². The Morgan fingerprint density at radius 3 is 2.05 bits per heavy atom. The van der Waals surface area contributed by atoms with Crippen LogP contribution in [0.1, 0.15) is 95.0 Å². The van der Waals surface area contributed by atoms with Crippen LogP contribution in [0, 0.1) is 0 Å². The SMILES string of the molecule is CC1(C)c2ccccc2N2c3cc(-n4c5c(c6ccccc64)C(C)(C)c4ccccc4-5)cc4c3B(c3cccc1c32)c1cccc2c1N4C1(C)CCCCC21C. The summed E-state index contributed by atoms with van der Waals surface area (Å²) in [7, 11) is 0. The molecule has 1 aromatic heterocycles.